The van der Waals surface area contributed by atoms with E-state index in [1.54, 1.807) is 29.3 Å². The molecular weight excluding hydrogens is 331 g/mol. The molecule has 1 fully saturated rings. The van der Waals surface area contributed by atoms with Crippen LogP contribution in [0.3, 0.4) is 0 Å². The second-order valence-corrected chi connectivity index (χ2v) is 7.96. The third-order valence-electron chi connectivity index (χ3n) is 4.81. The van der Waals surface area contributed by atoms with Gasteiger partial charge in [0.15, 0.2) is 0 Å². The predicted molar refractivity (Wildman–Crippen MR) is 91.3 cm³/mol. The van der Waals surface area contributed by atoms with Gasteiger partial charge >= 0.3 is 6.18 Å². The number of methoxy groups -OCH3 is 1. The van der Waals surface area contributed by atoms with E-state index < -0.39 is 18.7 Å². The van der Waals surface area contributed by atoms with Crippen LogP contribution >= 0.6 is 0 Å². The minimum atomic E-state index is -4.31. The molecule has 0 amide bonds. The van der Waals surface area contributed by atoms with E-state index in [2.05, 4.69) is 0 Å². The first kappa shape index (κ1) is 20.0. The van der Waals surface area contributed by atoms with Crippen LogP contribution in [0.2, 0.25) is 0 Å². The second kappa shape index (κ2) is 7.16. The lowest BCUT2D eigenvalue weighted by atomic mass is 9.82. The van der Waals surface area contributed by atoms with E-state index in [9.17, 15) is 13.2 Å². The molecule has 1 aliphatic rings. The highest BCUT2D eigenvalue weighted by molar-refractivity contribution is 5.28. The van der Waals surface area contributed by atoms with Crippen LogP contribution in [0.15, 0.2) is 24.3 Å². The van der Waals surface area contributed by atoms with Crippen molar-refractivity contribution in [3.63, 3.8) is 0 Å². The van der Waals surface area contributed by atoms with Crippen molar-refractivity contribution in [2.75, 3.05) is 7.11 Å². The lowest BCUT2D eigenvalue weighted by molar-refractivity contribution is -0.319. The molecule has 0 N–H and O–H groups in total. The molecule has 25 heavy (non-hydrogen) atoms. The Hall–Kier alpha value is -1.27. The Morgan fingerprint density at radius 1 is 1.04 bits per heavy atom. The first-order chi connectivity index (χ1) is 11.4. The van der Waals surface area contributed by atoms with Crippen LogP contribution in [-0.2, 0) is 4.84 Å². The molecule has 3 nitrogen and oxygen atoms in total. The van der Waals surface area contributed by atoms with Gasteiger partial charge in [-0.15, -0.1) is 0 Å². The molecule has 0 saturated carbocycles. The summed E-state index contributed by atoms with van der Waals surface area (Å²) in [6.07, 6.45) is -3.61. The first-order valence-corrected chi connectivity index (χ1v) is 8.62. The number of rotatable bonds is 5. The molecule has 1 unspecified atom stereocenters. The SMILES string of the molecule is COc1ccc(C(CC(F)(F)F)ON2C(C)(C)CCCC2(C)C)cc1. The van der Waals surface area contributed by atoms with Gasteiger partial charge < -0.3 is 4.74 Å². The Balaban J connectivity index is 2.31. The fourth-order valence-corrected chi connectivity index (χ4v) is 3.63. The largest absolute Gasteiger partial charge is 0.497 e. The number of piperidine rings is 1. The topological polar surface area (TPSA) is 21.7 Å². The molecule has 0 aliphatic carbocycles. The van der Waals surface area contributed by atoms with E-state index in [1.165, 1.54) is 7.11 Å². The van der Waals surface area contributed by atoms with Crippen molar-refractivity contribution in [2.24, 2.45) is 0 Å². The smallest absolute Gasteiger partial charge is 0.392 e. The van der Waals surface area contributed by atoms with Crippen LogP contribution in [0.5, 0.6) is 5.75 Å². The highest BCUT2D eigenvalue weighted by Crippen LogP contribution is 2.42. The minimum absolute atomic E-state index is 0.321. The van der Waals surface area contributed by atoms with Gasteiger partial charge in [0.25, 0.3) is 0 Å². The van der Waals surface area contributed by atoms with Crippen LogP contribution < -0.4 is 4.74 Å². The van der Waals surface area contributed by atoms with Gasteiger partial charge in [0.05, 0.1) is 13.5 Å². The number of halogens is 3. The van der Waals surface area contributed by atoms with Crippen LogP contribution in [0.1, 0.15) is 65.0 Å². The molecule has 0 aromatic heterocycles. The summed E-state index contributed by atoms with van der Waals surface area (Å²) in [6.45, 7) is 8.08. The number of hydroxylamine groups is 2. The van der Waals surface area contributed by atoms with Gasteiger partial charge in [0.1, 0.15) is 11.9 Å². The molecule has 0 spiro atoms. The van der Waals surface area contributed by atoms with Gasteiger partial charge in [-0.25, -0.2) is 0 Å². The maximum absolute atomic E-state index is 13.2. The summed E-state index contributed by atoms with van der Waals surface area (Å²) in [4.78, 5) is 6.03. The van der Waals surface area contributed by atoms with Gasteiger partial charge in [-0.1, -0.05) is 12.1 Å². The molecule has 1 aromatic carbocycles. The summed E-state index contributed by atoms with van der Waals surface area (Å²) >= 11 is 0. The third-order valence-corrected chi connectivity index (χ3v) is 4.81. The Kier molecular flexibility index (Phi) is 5.74. The van der Waals surface area contributed by atoms with Gasteiger partial charge in [0, 0.05) is 11.1 Å². The molecular formula is C19H28F3NO2. The number of hydrogen-bond donors (Lipinski definition) is 0. The summed E-state index contributed by atoms with van der Waals surface area (Å²) in [6, 6.07) is 6.60. The highest BCUT2D eigenvalue weighted by atomic mass is 19.4. The standard InChI is InChI=1S/C19H28F3NO2/c1-17(2)11-6-12-18(3,4)23(17)25-16(13-19(20,21)22)14-7-9-15(24-5)10-8-14/h7-10,16H,6,11-13H2,1-5H3. The molecule has 6 heteroatoms. The maximum Gasteiger partial charge on any atom is 0.392 e. The summed E-state index contributed by atoms with van der Waals surface area (Å²) in [5.74, 6) is 0.605. The normalized spacial score (nSPS) is 21.8. The Bertz CT molecular complexity index is 551. The van der Waals surface area contributed by atoms with Crippen molar-refractivity contribution in [2.45, 2.75) is 76.7 Å². The molecule has 1 atom stereocenters. The minimum Gasteiger partial charge on any atom is -0.497 e. The van der Waals surface area contributed by atoms with E-state index in [-0.39, 0.29) is 11.1 Å². The van der Waals surface area contributed by atoms with Crippen molar-refractivity contribution in [3.05, 3.63) is 29.8 Å². The highest BCUT2D eigenvalue weighted by Gasteiger charge is 2.45. The zero-order valence-corrected chi connectivity index (χ0v) is 15.6. The third kappa shape index (κ3) is 5.11. The van der Waals surface area contributed by atoms with Crippen molar-refractivity contribution < 1.29 is 22.7 Å². The number of ether oxygens (including phenoxy) is 1. The zero-order chi connectivity index (χ0) is 18.9. The van der Waals surface area contributed by atoms with Gasteiger partial charge in [0.2, 0.25) is 0 Å². The average Bonchev–Trinajstić information content (AvgIpc) is 2.48. The predicted octanol–water partition coefficient (Wildman–Crippen LogP) is 5.66. The average molecular weight is 359 g/mol. The fourth-order valence-electron chi connectivity index (χ4n) is 3.63. The summed E-state index contributed by atoms with van der Waals surface area (Å²) < 4.78 is 44.6. The molecule has 0 radical (unpaired) electrons. The zero-order valence-electron chi connectivity index (χ0n) is 15.6. The van der Waals surface area contributed by atoms with E-state index in [4.69, 9.17) is 9.57 Å². The van der Waals surface area contributed by atoms with Crippen molar-refractivity contribution >= 4 is 0 Å². The summed E-state index contributed by atoms with van der Waals surface area (Å²) in [5.41, 5.74) is -0.147. The van der Waals surface area contributed by atoms with E-state index >= 15 is 0 Å². The van der Waals surface area contributed by atoms with E-state index in [0.29, 0.717) is 11.3 Å². The number of hydrogen-bond acceptors (Lipinski definition) is 3. The van der Waals surface area contributed by atoms with Crippen molar-refractivity contribution in [1.82, 2.24) is 5.06 Å². The summed E-state index contributed by atoms with van der Waals surface area (Å²) in [7, 11) is 1.53. The Morgan fingerprint density at radius 3 is 2.00 bits per heavy atom. The van der Waals surface area contributed by atoms with Gasteiger partial charge in [-0.05, 0) is 64.7 Å². The van der Waals surface area contributed by atoms with Crippen molar-refractivity contribution in [1.29, 1.82) is 0 Å². The fraction of sp³-hybridized carbons (Fsp3) is 0.684. The quantitative estimate of drug-likeness (QED) is 0.677. The Labute approximate surface area is 148 Å². The summed E-state index contributed by atoms with van der Waals surface area (Å²) in [5, 5.41) is 1.78. The number of alkyl halides is 3. The second-order valence-electron chi connectivity index (χ2n) is 7.96. The molecule has 1 heterocycles. The molecule has 1 aromatic rings. The lowest BCUT2D eigenvalue weighted by Crippen LogP contribution is -2.58. The first-order valence-electron chi connectivity index (χ1n) is 8.62. The maximum atomic E-state index is 13.2. The number of benzene rings is 1. The van der Waals surface area contributed by atoms with Crippen LogP contribution in [-0.4, -0.2) is 29.4 Å². The van der Waals surface area contributed by atoms with Crippen LogP contribution in [0.25, 0.3) is 0 Å². The molecule has 1 aliphatic heterocycles. The van der Waals surface area contributed by atoms with Crippen LogP contribution in [0.4, 0.5) is 13.2 Å². The monoisotopic (exact) mass is 359 g/mol. The van der Waals surface area contributed by atoms with Gasteiger partial charge in [-0.2, -0.15) is 18.2 Å². The van der Waals surface area contributed by atoms with Gasteiger partial charge in [-0.3, -0.25) is 4.84 Å². The van der Waals surface area contributed by atoms with Crippen molar-refractivity contribution in [3.8, 4) is 5.75 Å². The van der Waals surface area contributed by atoms with Crippen LogP contribution in [0, 0.1) is 0 Å². The van der Waals surface area contributed by atoms with E-state index in [0.717, 1.165) is 19.3 Å². The number of nitrogens with zero attached hydrogens (tertiary/aromatic N) is 1. The lowest BCUT2D eigenvalue weighted by Gasteiger charge is -2.52. The molecule has 0 bridgehead atoms. The molecule has 1 saturated heterocycles. The molecule has 2 rings (SSSR count). The Morgan fingerprint density at radius 2 is 1.56 bits per heavy atom. The molecule has 142 valence electrons. The van der Waals surface area contributed by atoms with E-state index in [1.807, 2.05) is 27.7 Å².